The molecule has 7 heteroatoms. The number of urea groups is 1. The molecule has 1 aromatic rings. The van der Waals surface area contributed by atoms with E-state index in [1.165, 1.54) is 10.6 Å². The van der Waals surface area contributed by atoms with Gasteiger partial charge in [-0.05, 0) is 31.1 Å². The Labute approximate surface area is 182 Å². The van der Waals surface area contributed by atoms with Crippen LogP contribution in [0.3, 0.4) is 0 Å². The first-order chi connectivity index (χ1) is 15.1. The number of rotatable bonds is 7. The molecule has 0 radical (unpaired) electrons. The maximum absolute atomic E-state index is 12.6. The minimum absolute atomic E-state index is 0.186. The number of amides is 4. The van der Waals surface area contributed by atoms with Crippen LogP contribution in [0.25, 0.3) is 0 Å². The molecular formula is C24H28N4O3. The van der Waals surface area contributed by atoms with E-state index in [4.69, 9.17) is 0 Å². The molecule has 1 fully saturated rings. The van der Waals surface area contributed by atoms with Gasteiger partial charge in [-0.25, -0.2) is 4.79 Å². The Kier molecular flexibility index (Phi) is 6.60. The molecular weight excluding hydrogens is 392 g/mol. The van der Waals surface area contributed by atoms with Gasteiger partial charge in [-0.2, -0.15) is 4.99 Å². The SMILES string of the molecule is O=C(CCCCCN1C(=O)N=C2C=CC=CC2C1=O)N1CCN(c2ccccc2)CC1. The van der Waals surface area contributed by atoms with E-state index < -0.39 is 11.9 Å². The minimum Gasteiger partial charge on any atom is -0.368 e. The van der Waals surface area contributed by atoms with Gasteiger partial charge in [0, 0.05) is 44.8 Å². The van der Waals surface area contributed by atoms with Crippen molar-refractivity contribution in [2.45, 2.75) is 25.7 Å². The van der Waals surface area contributed by atoms with E-state index in [1.54, 1.807) is 24.3 Å². The molecule has 1 saturated heterocycles. The first-order valence-electron chi connectivity index (χ1n) is 11.0. The number of hydrogen-bond acceptors (Lipinski definition) is 4. The summed E-state index contributed by atoms with van der Waals surface area (Å²) in [6.45, 7) is 3.54. The third-order valence-corrected chi connectivity index (χ3v) is 6.01. The van der Waals surface area contributed by atoms with Gasteiger partial charge in [-0.1, -0.05) is 42.8 Å². The van der Waals surface area contributed by atoms with Crippen molar-refractivity contribution in [3.8, 4) is 0 Å². The monoisotopic (exact) mass is 420 g/mol. The summed E-state index contributed by atoms with van der Waals surface area (Å²) in [5.41, 5.74) is 1.72. The Bertz CT molecular complexity index is 914. The van der Waals surface area contributed by atoms with Gasteiger partial charge in [0.05, 0.1) is 11.6 Å². The number of benzene rings is 1. The van der Waals surface area contributed by atoms with Crippen LogP contribution in [-0.4, -0.2) is 66.1 Å². The minimum atomic E-state index is -0.483. The number of allylic oxidation sites excluding steroid dienone is 3. The molecule has 0 aromatic heterocycles. The second-order valence-electron chi connectivity index (χ2n) is 8.04. The third-order valence-electron chi connectivity index (χ3n) is 6.01. The molecule has 0 N–H and O–H groups in total. The van der Waals surface area contributed by atoms with Crippen LogP contribution in [0.15, 0.2) is 59.6 Å². The fourth-order valence-corrected chi connectivity index (χ4v) is 4.22. The molecule has 7 nitrogen and oxygen atoms in total. The summed E-state index contributed by atoms with van der Waals surface area (Å²) < 4.78 is 0. The Morgan fingerprint density at radius 3 is 2.52 bits per heavy atom. The molecule has 1 aromatic carbocycles. The first kappa shape index (κ1) is 21.0. The van der Waals surface area contributed by atoms with Gasteiger partial charge in [0.2, 0.25) is 11.8 Å². The van der Waals surface area contributed by atoms with Crippen LogP contribution >= 0.6 is 0 Å². The van der Waals surface area contributed by atoms with E-state index in [-0.39, 0.29) is 11.8 Å². The normalized spacial score (nSPS) is 20.7. The zero-order valence-corrected chi connectivity index (χ0v) is 17.7. The predicted molar refractivity (Wildman–Crippen MR) is 120 cm³/mol. The van der Waals surface area contributed by atoms with Crippen molar-refractivity contribution in [3.05, 3.63) is 54.6 Å². The zero-order valence-electron chi connectivity index (χ0n) is 17.7. The summed E-state index contributed by atoms with van der Waals surface area (Å²) in [7, 11) is 0. The molecule has 0 saturated carbocycles. The summed E-state index contributed by atoms with van der Waals surface area (Å²) in [4.78, 5) is 46.8. The maximum atomic E-state index is 12.6. The average Bonchev–Trinajstić information content (AvgIpc) is 2.81. The predicted octanol–water partition coefficient (Wildman–Crippen LogP) is 3.04. The highest BCUT2D eigenvalue weighted by atomic mass is 16.2. The number of fused-ring (bicyclic) bond motifs is 1. The Morgan fingerprint density at radius 1 is 0.968 bits per heavy atom. The molecule has 1 atom stereocenters. The van der Waals surface area contributed by atoms with Crippen LogP contribution in [0, 0.1) is 5.92 Å². The van der Waals surface area contributed by atoms with E-state index in [0.29, 0.717) is 25.1 Å². The van der Waals surface area contributed by atoms with Crippen molar-refractivity contribution >= 4 is 29.2 Å². The van der Waals surface area contributed by atoms with Gasteiger partial charge in [0.15, 0.2) is 0 Å². The summed E-state index contributed by atoms with van der Waals surface area (Å²) in [6, 6.07) is 9.79. The van der Waals surface area contributed by atoms with E-state index in [0.717, 1.165) is 39.0 Å². The van der Waals surface area contributed by atoms with Gasteiger partial charge < -0.3 is 9.80 Å². The van der Waals surface area contributed by atoms with Crippen molar-refractivity contribution in [2.75, 3.05) is 37.6 Å². The lowest BCUT2D eigenvalue weighted by molar-refractivity contribution is -0.132. The average molecular weight is 421 g/mol. The largest absolute Gasteiger partial charge is 0.368 e. The quantitative estimate of drug-likeness (QED) is 0.636. The van der Waals surface area contributed by atoms with Gasteiger partial charge in [-0.15, -0.1) is 0 Å². The Balaban J connectivity index is 1.15. The highest BCUT2D eigenvalue weighted by Gasteiger charge is 2.35. The molecule has 0 spiro atoms. The number of unbranched alkanes of at least 4 members (excludes halogenated alkanes) is 2. The van der Waals surface area contributed by atoms with E-state index in [1.807, 2.05) is 23.1 Å². The summed E-state index contributed by atoms with van der Waals surface area (Å²) in [5, 5.41) is 0. The van der Waals surface area contributed by atoms with E-state index >= 15 is 0 Å². The number of carbonyl (C=O) groups is 3. The topological polar surface area (TPSA) is 73.3 Å². The molecule has 3 aliphatic rings. The number of nitrogens with zero attached hydrogens (tertiary/aromatic N) is 4. The number of hydrogen-bond donors (Lipinski definition) is 0. The highest BCUT2D eigenvalue weighted by Crippen LogP contribution is 2.20. The fourth-order valence-electron chi connectivity index (χ4n) is 4.22. The smallest absolute Gasteiger partial charge is 0.350 e. The van der Waals surface area contributed by atoms with Gasteiger partial charge in [0.1, 0.15) is 0 Å². The standard InChI is InChI=1S/C24H28N4O3/c29-22(27-17-15-26(16-18-27)19-9-3-1-4-10-19)13-5-2-8-14-28-23(30)20-11-6-7-12-21(20)25-24(28)31/h1,3-4,6-7,9-12,20H,2,5,8,13-18H2. The van der Waals surface area contributed by atoms with Crippen molar-refractivity contribution in [1.29, 1.82) is 0 Å². The number of aliphatic imine (C=N–C) groups is 1. The third kappa shape index (κ3) is 4.93. The van der Waals surface area contributed by atoms with Crippen LogP contribution in [0.2, 0.25) is 0 Å². The van der Waals surface area contributed by atoms with Crippen molar-refractivity contribution in [3.63, 3.8) is 0 Å². The molecule has 4 rings (SSSR count). The number of imide groups is 1. The van der Waals surface area contributed by atoms with Gasteiger partial charge in [0.25, 0.3) is 0 Å². The molecule has 2 aliphatic heterocycles. The Hall–Kier alpha value is -3.22. The fraction of sp³-hybridized carbons (Fsp3) is 0.417. The lowest BCUT2D eigenvalue weighted by atomic mass is 9.95. The van der Waals surface area contributed by atoms with Crippen LogP contribution in [0.4, 0.5) is 10.5 Å². The molecule has 2 heterocycles. The zero-order chi connectivity index (χ0) is 21.6. The number of carbonyl (C=O) groups excluding carboxylic acids is 3. The van der Waals surface area contributed by atoms with Gasteiger partial charge in [-0.3, -0.25) is 14.5 Å². The summed E-state index contributed by atoms with van der Waals surface area (Å²) >= 11 is 0. The van der Waals surface area contributed by atoms with Crippen LogP contribution < -0.4 is 4.90 Å². The first-order valence-corrected chi connectivity index (χ1v) is 11.0. The molecule has 1 unspecified atom stereocenters. The van der Waals surface area contributed by atoms with Crippen molar-refractivity contribution in [1.82, 2.24) is 9.80 Å². The highest BCUT2D eigenvalue weighted by molar-refractivity contribution is 6.21. The van der Waals surface area contributed by atoms with Gasteiger partial charge >= 0.3 is 6.03 Å². The second kappa shape index (κ2) is 9.73. The molecule has 162 valence electrons. The van der Waals surface area contributed by atoms with Crippen molar-refractivity contribution < 1.29 is 14.4 Å². The lowest BCUT2D eigenvalue weighted by Crippen LogP contribution is -2.48. The molecule has 4 amide bonds. The summed E-state index contributed by atoms with van der Waals surface area (Å²) in [6.07, 6.45) is 9.82. The second-order valence-corrected chi connectivity index (χ2v) is 8.04. The maximum Gasteiger partial charge on any atom is 0.350 e. The Morgan fingerprint density at radius 2 is 1.74 bits per heavy atom. The van der Waals surface area contributed by atoms with Crippen LogP contribution in [0.5, 0.6) is 0 Å². The van der Waals surface area contributed by atoms with E-state index in [2.05, 4.69) is 22.0 Å². The molecule has 0 bridgehead atoms. The number of para-hydroxylation sites is 1. The van der Waals surface area contributed by atoms with Crippen LogP contribution in [0.1, 0.15) is 25.7 Å². The molecule has 1 aliphatic carbocycles. The van der Waals surface area contributed by atoms with E-state index in [9.17, 15) is 14.4 Å². The summed E-state index contributed by atoms with van der Waals surface area (Å²) in [5.74, 6) is -0.465. The number of anilines is 1. The lowest BCUT2D eigenvalue weighted by Gasteiger charge is -2.36. The number of piperazine rings is 1. The van der Waals surface area contributed by atoms with Crippen molar-refractivity contribution in [2.24, 2.45) is 10.9 Å². The molecule has 31 heavy (non-hydrogen) atoms. The van der Waals surface area contributed by atoms with Crippen LogP contribution in [-0.2, 0) is 9.59 Å².